The molecule has 0 aliphatic carbocycles. The fraction of sp³-hybridized carbons (Fsp3) is 0.333. The maximum atomic E-state index is 6.68. The van der Waals surface area contributed by atoms with E-state index < -0.39 is 0 Å². The molecule has 0 aliphatic rings. The second-order valence-electron chi connectivity index (χ2n) is 5.89. The van der Waals surface area contributed by atoms with Crippen LogP contribution in [0.15, 0.2) is 46.9 Å². The number of halogens is 3. The Hall–Kier alpha value is -0.0600. The number of benzene rings is 2. The first-order valence-electron chi connectivity index (χ1n) is 7.04. The lowest BCUT2D eigenvalue weighted by Gasteiger charge is -2.24. The molecule has 0 heterocycles. The molecule has 0 saturated carbocycles. The molecule has 1 atom stereocenters. The van der Waals surface area contributed by atoms with Crippen LogP contribution in [-0.2, 0) is 5.41 Å². The molecule has 112 valence electrons. The minimum atomic E-state index is -0.117. The standard InChI is InChI=1S/C18H19BrClI/c1-4-18(2,3)13-7-5-12(6-8-13)17(20)15-11-14(19)9-10-16(15)21/h5-11,17H,4H2,1-3H3. The molecule has 0 N–H and O–H groups in total. The van der Waals surface area contributed by atoms with Crippen LogP contribution in [0, 0.1) is 3.57 Å². The van der Waals surface area contributed by atoms with Crippen LogP contribution in [0.4, 0.5) is 0 Å². The summed E-state index contributed by atoms with van der Waals surface area (Å²) in [5.41, 5.74) is 3.86. The number of rotatable bonds is 4. The summed E-state index contributed by atoms with van der Waals surface area (Å²) in [7, 11) is 0. The van der Waals surface area contributed by atoms with E-state index in [9.17, 15) is 0 Å². The smallest absolute Gasteiger partial charge is 0.0846 e. The molecule has 0 aliphatic heterocycles. The van der Waals surface area contributed by atoms with Gasteiger partial charge in [-0.1, -0.05) is 61.0 Å². The summed E-state index contributed by atoms with van der Waals surface area (Å²) in [5.74, 6) is 0. The Morgan fingerprint density at radius 2 is 1.76 bits per heavy atom. The third-order valence-corrected chi connectivity index (χ3v) is 6.06. The van der Waals surface area contributed by atoms with E-state index in [1.54, 1.807) is 0 Å². The van der Waals surface area contributed by atoms with Crippen LogP contribution in [-0.4, -0.2) is 0 Å². The van der Waals surface area contributed by atoms with Crippen LogP contribution >= 0.6 is 50.1 Å². The lowest BCUT2D eigenvalue weighted by molar-refractivity contribution is 0.506. The van der Waals surface area contributed by atoms with Crippen molar-refractivity contribution in [3.63, 3.8) is 0 Å². The third kappa shape index (κ3) is 4.02. The summed E-state index contributed by atoms with van der Waals surface area (Å²) in [5, 5.41) is -0.117. The Bertz CT molecular complexity index is 620. The van der Waals surface area contributed by atoms with Gasteiger partial charge in [-0.05, 0) is 69.3 Å². The van der Waals surface area contributed by atoms with Gasteiger partial charge in [0.25, 0.3) is 0 Å². The maximum absolute atomic E-state index is 6.68. The summed E-state index contributed by atoms with van der Waals surface area (Å²) < 4.78 is 2.25. The van der Waals surface area contributed by atoms with Crippen molar-refractivity contribution in [3.8, 4) is 0 Å². The molecule has 0 radical (unpaired) electrons. The van der Waals surface area contributed by atoms with Crippen molar-refractivity contribution < 1.29 is 0 Å². The highest BCUT2D eigenvalue weighted by molar-refractivity contribution is 14.1. The van der Waals surface area contributed by atoms with Crippen LogP contribution in [0.1, 0.15) is 49.3 Å². The van der Waals surface area contributed by atoms with Gasteiger partial charge in [-0.15, -0.1) is 11.6 Å². The minimum absolute atomic E-state index is 0.117. The van der Waals surface area contributed by atoms with Gasteiger partial charge in [0.2, 0.25) is 0 Å². The molecule has 0 saturated heterocycles. The predicted octanol–water partition coefficient (Wildman–Crippen LogP) is 7.07. The number of hydrogen-bond acceptors (Lipinski definition) is 0. The summed E-state index contributed by atoms with van der Waals surface area (Å²) in [4.78, 5) is 0. The molecular formula is C18H19BrClI. The summed E-state index contributed by atoms with van der Waals surface area (Å²) in [6.45, 7) is 6.77. The molecule has 0 aromatic heterocycles. The number of hydrogen-bond donors (Lipinski definition) is 0. The summed E-state index contributed by atoms with van der Waals surface area (Å²) in [6, 6.07) is 15.0. The molecule has 21 heavy (non-hydrogen) atoms. The second kappa shape index (κ2) is 7.01. The van der Waals surface area contributed by atoms with Gasteiger partial charge >= 0.3 is 0 Å². The second-order valence-corrected chi connectivity index (χ2v) is 8.40. The van der Waals surface area contributed by atoms with Crippen molar-refractivity contribution in [2.24, 2.45) is 0 Å². The lowest BCUT2D eigenvalue weighted by Crippen LogP contribution is -2.15. The van der Waals surface area contributed by atoms with Gasteiger partial charge in [-0.3, -0.25) is 0 Å². The largest absolute Gasteiger partial charge is 0.113 e. The van der Waals surface area contributed by atoms with E-state index in [0.29, 0.717) is 0 Å². The monoisotopic (exact) mass is 476 g/mol. The van der Waals surface area contributed by atoms with E-state index in [4.69, 9.17) is 11.6 Å². The van der Waals surface area contributed by atoms with Crippen molar-refractivity contribution in [3.05, 3.63) is 67.2 Å². The third-order valence-electron chi connectivity index (χ3n) is 4.10. The molecule has 1 unspecified atom stereocenters. The molecule has 2 rings (SSSR count). The molecule has 2 aromatic rings. The minimum Gasteiger partial charge on any atom is -0.113 e. The van der Waals surface area contributed by atoms with Crippen molar-refractivity contribution in [1.29, 1.82) is 0 Å². The van der Waals surface area contributed by atoms with Crippen molar-refractivity contribution in [2.45, 2.75) is 38.0 Å². The Kier molecular flexibility index (Phi) is 5.77. The fourth-order valence-electron chi connectivity index (χ4n) is 2.20. The van der Waals surface area contributed by atoms with E-state index in [1.165, 1.54) is 9.13 Å². The van der Waals surface area contributed by atoms with Crippen LogP contribution < -0.4 is 0 Å². The van der Waals surface area contributed by atoms with Crippen molar-refractivity contribution in [1.82, 2.24) is 0 Å². The molecule has 3 heteroatoms. The normalized spacial score (nSPS) is 13.2. The predicted molar refractivity (Wildman–Crippen MR) is 104 cm³/mol. The highest BCUT2D eigenvalue weighted by Crippen LogP contribution is 2.35. The molecule has 0 spiro atoms. The Labute approximate surface area is 154 Å². The Morgan fingerprint density at radius 3 is 2.33 bits per heavy atom. The first-order chi connectivity index (χ1) is 9.85. The van der Waals surface area contributed by atoms with Crippen LogP contribution in [0.2, 0.25) is 0 Å². The zero-order valence-electron chi connectivity index (χ0n) is 12.5. The van der Waals surface area contributed by atoms with Gasteiger partial charge in [-0.25, -0.2) is 0 Å². The van der Waals surface area contributed by atoms with Crippen LogP contribution in [0.25, 0.3) is 0 Å². The highest BCUT2D eigenvalue weighted by atomic mass is 127. The van der Waals surface area contributed by atoms with E-state index >= 15 is 0 Å². The van der Waals surface area contributed by atoms with E-state index in [0.717, 1.165) is 22.0 Å². The van der Waals surface area contributed by atoms with Crippen molar-refractivity contribution in [2.75, 3.05) is 0 Å². The SMILES string of the molecule is CCC(C)(C)c1ccc(C(Cl)c2cc(Br)ccc2I)cc1. The first-order valence-corrected chi connectivity index (χ1v) is 9.35. The molecule has 0 fully saturated rings. The zero-order valence-corrected chi connectivity index (χ0v) is 17.0. The van der Waals surface area contributed by atoms with E-state index in [1.807, 2.05) is 6.07 Å². The Morgan fingerprint density at radius 1 is 1.14 bits per heavy atom. The van der Waals surface area contributed by atoms with Crippen molar-refractivity contribution >= 4 is 50.1 Å². The van der Waals surface area contributed by atoms with Gasteiger partial charge in [0.15, 0.2) is 0 Å². The van der Waals surface area contributed by atoms with E-state index in [-0.39, 0.29) is 10.8 Å². The quantitative estimate of drug-likeness (QED) is 0.326. The molecule has 0 bridgehead atoms. The summed E-state index contributed by atoms with van der Waals surface area (Å²) >= 11 is 12.5. The van der Waals surface area contributed by atoms with Crippen LogP contribution in [0.5, 0.6) is 0 Å². The van der Waals surface area contributed by atoms with Gasteiger partial charge in [0, 0.05) is 8.04 Å². The van der Waals surface area contributed by atoms with E-state index in [2.05, 4.69) is 95.7 Å². The average Bonchev–Trinajstić information content (AvgIpc) is 2.49. The molecule has 0 nitrogen and oxygen atoms in total. The zero-order chi connectivity index (χ0) is 15.6. The molecule has 2 aromatic carbocycles. The lowest BCUT2D eigenvalue weighted by atomic mass is 9.82. The molecular weight excluding hydrogens is 458 g/mol. The van der Waals surface area contributed by atoms with Gasteiger partial charge < -0.3 is 0 Å². The first kappa shape index (κ1) is 17.3. The van der Waals surface area contributed by atoms with Gasteiger partial charge in [-0.2, -0.15) is 0 Å². The van der Waals surface area contributed by atoms with Gasteiger partial charge in [0.05, 0.1) is 5.38 Å². The fourth-order valence-corrected chi connectivity index (χ4v) is 3.73. The number of alkyl halides is 1. The van der Waals surface area contributed by atoms with Crippen LogP contribution in [0.3, 0.4) is 0 Å². The van der Waals surface area contributed by atoms with Gasteiger partial charge in [0.1, 0.15) is 0 Å². The average molecular weight is 478 g/mol. The highest BCUT2D eigenvalue weighted by Gasteiger charge is 2.19. The Balaban J connectivity index is 2.32. The topological polar surface area (TPSA) is 0 Å². The summed E-state index contributed by atoms with van der Waals surface area (Å²) in [6.07, 6.45) is 1.13. The molecule has 0 amide bonds. The maximum Gasteiger partial charge on any atom is 0.0846 e.